The number of benzene rings is 2. The zero-order valence-corrected chi connectivity index (χ0v) is 18.1. The van der Waals surface area contributed by atoms with Crippen LogP contribution in [-0.2, 0) is 14.3 Å². The SMILES string of the molecule is Cc1cccc(C)c1OCCOC(=O)CNC(=O)CNC(=O)c1ccc(Cl)cc1Cl. The fourth-order valence-corrected chi connectivity index (χ4v) is 3.03. The second-order valence-corrected chi connectivity index (χ2v) is 7.22. The van der Waals surface area contributed by atoms with E-state index in [1.807, 2.05) is 32.0 Å². The molecule has 0 aliphatic carbocycles. The van der Waals surface area contributed by atoms with Gasteiger partial charge < -0.3 is 20.1 Å². The Bertz CT molecular complexity index is 913. The van der Waals surface area contributed by atoms with Crippen molar-refractivity contribution in [3.63, 3.8) is 0 Å². The summed E-state index contributed by atoms with van der Waals surface area (Å²) in [7, 11) is 0. The molecular formula is C21H22Cl2N2O5. The number of amides is 2. The maximum atomic E-state index is 12.0. The van der Waals surface area contributed by atoms with Gasteiger partial charge in [0, 0.05) is 5.02 Å². The minimum Gasteiger partial charge on any atom is -0.489 e. The van der Waals surface area contributed by atoms with Gasteiger partial charge in [0.05, 0.1) is 17.1 Å². The third-order valence-corrected chi connectivity index (χ3v) is 4.56. The van der Waals surface area contributed by atoms with Gasteiger partial charge in [-0.3, -0.25) is 14.4 Å². The molecule has 9 heteroatoms. The van der Waals surface area contributed by atoms with Gasteiger partial charge in [0.2, 0.25) is 5.91 Å². The van der Waals surface area contributed by atoms with Crippen molar-refractivity contribution in [2.24, 2.45) is 0 Å². The van der Waals surface area contributed by atoms with E-state index in [2.05, 4.69) is 10.6 Å². The summed E-state index contributed by atoms with van der Waals surface area (Å²) >= 11 is 11.7. The van der Waals surface area contributed by atoms with Crippen molar-refractivity contribution in [3.8, 4) is 5.75 Å². The first-order valence-corrected chi connectivity index (χ1v) is 9.88. The standard InChI is InChI=1S/C21H22Cl2N2O5/c1-13-4-3-5-14(2)20(13)30-9-8-29-19(27)12-24-18(26)11-25-21(28)16-7-6-15(22)10-17(16)23/h3-7,10H,8-9,11-12H2,1-2H3,(H,24,26)(H,25,28). The van der Waals surface area contributed by atoms with E-state index >= 15 is 0 Å². The molecule has 0 heterocycles. The molecular weight excluding hydrogens is 431 g/mol. The fraction of sp³-hybridized carbons (Fsp3) is 0.286. The van der Waals surface area contributed by atoms with Crippen LogP contribution in [0.2, 0.25) is 10.0 Å². The molecule has 0 unspecified atom stereocenters. The van der Waals surface area contributed by atoms with Crippen LogP contribution in [0, 0.1) is 13.8 Å². The van der Waals surface area contributed by atoms with Gasteiger partial charge in [0.25, 0.3) is 5.91 Å². The molecule has 0 aliphatic heterocycles. The van der Waals surface area contributed by atoms with Gasteiger partial charge in [-0.1, -0.05) is 41.4 Å². The van der Waals surface area contributed by atoms with Crippen molar-refractivity contribution in [3.05, 3.63) is 63.1 Å². The molecule has 0 saturated carbocycles. The molecule has 2 aromatic carbocycles. The van der Waals surface area contributed by atoms with Gasteiger partial charge in [-0.2, -0.15) is 0 Å². The number of nitrogens with one attached hydrogen (secondary N) is 2. The van der Waals surface area contributed by atoms with E-state index in [4.69, 9.17) is 32.7 Å². The Morgan fingerprint density at radius 3 is 2.30 bits per heavy atom. The molecule has 0 saturated heterocycles. The van der Waals surface area contributed by atoms with Gasteiger partial charge in [-0.05, 0) is 43.2 Å². The van der Waals surface area contributed by atoms with Crippen LogP contribution in [0.15, 0.2) is 36.4 Å². The topological polar surface area (TPSA) is 93.7 Å². The van der Waals surface area contributed by atoms with Gasteiger partial charge >= 0.3 is 5.97 Å². The Kier molecular flexibility index (Phi) is 8.95. The monoisotopic (exact) mass is 452 g/mol. The van der Waals surface area contributed by atoms with Crippen molar-refractivity contribution in [1.29, 1.82) is 0 Å². The highest BCUT2D eigenvalue weighted by Crippen LogP contribution is 2.22. The number of esters is 1. The highest BCUT2D eigenvalue weighted by molar-refractivity contribution is 6.36. The molecule has 0 radical (unpaired) electrons. The molecule has 0 aliphatic rings. The lowest BCUT2D eigenvalue weighted by Gasteiger charge is -2.12. The molecule has 7 nitrogen and oxygen atoms in total. The zero-order chi connectivity index (χ0) is 22.1. The summed E-state index contributed by atoms with van der Waals surface area (Å²) in [5, 5.41) is 5.35. The van der Waals surface area contributed by atoms with Crippen LogP contribution in [0.4, 0.5) is 0 Å². The Morgan fingerprint density at radius 2 is 1.63 bits per heavy atom. The zero-order valence-electron chi connectivity index (χ0n) is 16.6. The lowest BCUT2D eigenvalue weighted by atomic mass is 10.1. The average molecular weight is 453 g/mol. The summed E-state index contributed by atoms with van der Waals surface area (Å²) in [6.45, 7) is 3.48. The van der Waals surface area contributed by atoms with Crippen molar-refractivity contribution in [2.75, 3.05) is 26.3 Å². The summed E-state index contributed by atoms with van der Waals surface area (Å²) in [5.74, 6) is -0.922. The Labute approximate surface area is 184 Å². The number of rotatable bonds is 9. The van der Waals surface area contributed by atoms with Crippen LogP contribution in [0.5, 0.6) is 5.75 Å². The summed E-state index contributed by atoms with van der Waals surface area (Å²) in [6.07, 6.45) is 0. The lowest BCUT2D eigenvalue weighted by molar-refractivity contribution is -0.144. The minimum atomic E-state index is -0.611. The number of carbonyl (C=O) groups excluding carboxylic acids is 3. The molecule has 2 rings (SSSR count). The normalized spacial score (nSPS) is 10.3. The van der Waals surface area contributed by atoms with E-state index in [1.54, 1.807) is 0 Å². The molecule has 0 spiro atoms. The fourth-order valence-electron chi connectivity index (χ4n) is 2.54. The third kappa shape index (κ3) is 7.24. The van der Waals surface area contributed by atoms with Crippen LogP contribution >= 0.6 is 23.2 Å². The second kappa shape index (κ2) is 11.4. The van der Waals surface area contributed by atoms with E-state index in [1.165, 1.54) is 18.2 Å². The van der Waals surface area contributed by atoms with Crippen molar-refractivity contribution < 1.29 is 23.9 Å². The molecule has 30 heavy (non-hydrogen) atoms. The quantitative estimate of drug-likeness (QED) is 0.450. The predicted molar refractivity (Wildman–Crippen MR) is 114 cm³/mol. The first-order chi connectivity index (χ1) is 14.3. The Balaban J connectivity index is 1.64. The Morgan fingerprint density at radius 1 is 0.933 bits per heavy atom. The third-order valence-electron chi connectivity index (χ3n) is 4.02. The van der Waals surface area contributed by atoms with E-state index in [-0.39, 0.29) is 36.9 Å². The number of hydrogen-bond acceptors (Lipinski definition) is 5. The largest absolute Gasteiger partial charge is 0.489 e. The predicted octanol–water partition coefficient (Wildman–Crippen LogP) is 3.08. The van der Waals surface area contributed by atoms with Gasteiger partial charge in [-0.25, -0.2) is 0 Å². The summed E-state index contributed by atoms with van der Waals surface area (Å²) in [5.41, 5.74) is 2.18. The van der Waals surface area contributed by atoms with Crippen LogP contribution in [0.3, 0.4) is 0 Å². The average Bonchev–Trinajstić information content (AvgIpc) is 2.69. The molecule has 2 amide bonds. The van der Waals surface area contributed by atoms with E-state index in [0.29, 0.717) is 5.02 Å². The van der Waals surface area contributed by atoms with Crippen LogP contribution in [-0.4, -0.2) is 44.1 Å². The summed E-state index contributed by atoms with van der Waals surface area (Å²) in [4.78, 5) is 35.6. The molecule has 0 bridgehead atoms. The number of ether oxygens (including phenoxy) is 2. The van der Waals surface area contributed by atoms with Crippen LogP contribution in [0.25, 0.3) is 0 Å². The van der Waals surface area contributed by atoms with E-state index in [9.17, 15) is 14.4 Å². The van der Waals surface area contributed by atoms with Gasteiger partial charge in [0.1, 0.15) is 25.5 Å². The number of aryl methyl sites for hydroxylation is 2. The smallest absolute Gasteiger partial charge is 0.325 e. The number of para-hydroxylation sites is 1. The lowest BCUT2D eigenvalue weighted by Crippen LogP contribution is -2.39. The summed E-state index contributed by atoms with van der Waals surface area (Å²) in [6, 6.07) is 10.2. The maximum absolute atomic E-state index is 12.0. The summed E-state index contributed by atoms with van der Waals surface area (Å²) < 4.78 is 10.7. The molecule has 0 aromatic heterocycles. The maximum Gasteiger partial charge on any atom is 0.325 e. The van der Waals surface area contributed by atoms with Crippen LogP contribution in [0.1, 0.15) is 21.5 Å². The van der Waals surface area contributed by atoms with Crippen LogP contribution < -0.4 is 15.4 Å². The van der Waals surface area contributed by atoms with E-state index in [0.717, 1.165) is 16.9 Å². The first-order valence-electron chi connectivity index (χ1n) is 9.12. The highest BCUT2D eigenvalue weighted by Gasteiger charge is 2.13. The molecule has 2 N–H and O–H groups in total. The molecule has 2 aromatic rings. The molecule has 160 valence electrons. The van der Waals surface area contributed by atoms with Crippen molar-refractivity contribution in [2.45, 2.75) is 13.8 Å². The molecule has 0 fully saturated rings. The minimum absolute atomic E-state index is 0.0499. The highest BCUT2D eigenvalue weighted by atomic mass is 35.5. The van der Waals surface area contributed by atoms with Crippen molar-refractivity contribution >= 4 is 41.0 Å². The van der Waals surface area contributed by atoms with Gasteiger partial charge in [-0.15, -0.1) is 0 Å². The first kappa shape index (κ1) is 23.5. The number of hydrogen-bond donors (Lipinski definition) is 2. The van der Waals surface area contributed by atoms with E-state index < -0.39 is 17.8 Å². The number of carbonyl (C=O) groups is 3. The second-order valence-electron chi connectivity index (χ2n) is 6.37. The van der Waals surface area contributed by atoms with Crippen molar-refractivity contribution in [1.82, 2.24) is 10.6 Å². The molecule has 0 atom stereocenters. The Hall–Kier alpha value is -2.77. The van der Waals surface area contributed by atoms with Gasteiger partial charge in [0.15, 0.2) is 0 Å². The number of halogens is 2.